The van der Waals surface area contributed by atoms with Crippen LogP contribution in [-0.2, 0) is 0 Å². The Bertz CT molecular complexity index is 1680. The van der Waals surface area contributed by atoms with Gasteiger partial charge in [-0.2, -0.15) is 0 Å². The molecular formula is C30H20N4O. The van der Waals surface area contributed by atoms with E-state index in [2.05, 4.69) is 41.4 Å². The van der Waals surface area contributed by atoms with Gasteiger partial charge in [0.05, 0.1) is 11.2 Å². The summed E-state index contributed by atoms with van der Waals surface area (Å²) in [6.45, 7) is 0. The van der Waals surface area contributed by atoms with Crippen LogP contribution in [0.5, 0.6) is 5.88 Å². The molecule has 2 heterocycles. The van der Waals surface area contributed by atoms with Gasteiger partial charge in [-0.3, -0.25) is 5.41 Å². The van der Waals surface area contributed by atoms with E-state index in [9.17, 15) is 0 Å². The lowest BCUT2D eigenvalue weighted by Gasteiger charge is -2.12. The topological polar surface area (TPSA) is 71.8 Å². The standard InChI is InChI=1S/C30H20N4O/c31-29(35-26-15-6-7-18-32-26)22-12-8-13-23(19-22)30-33-27(21-10-2-1-3-11-21)25-17-16-20-9-4-5-14-24(20)28(25)34-30/h1-19,31H. The van der Waals surface area contributed by atoms with E-state index in [1.807, 2.05) is 66.7 Å². The number of benzene rings is 4. The van der Waals surface area contributed by atoms with E-state index in [0.717, 1.165) is 38.5 Å². The number of hydrogen-bond acceptors (Lipinski definition) is 5. The lowest BCUT2D eigenvalue weighted by Crippen LogP contribution is -2.09. The molecule has 0 atom stereocenters. The highest BCUT2D eigenvalue weighted by molar-refractivity contribution is 6.09. The highest BCUT2D eigenvalue weighted by atomic mass is 16.5. The minimum Gasteiger partial charge on any atom is -0.421 e. The predicted molar refractivity (Wildman–Crippen MR) is 140 cm³/mol. The number of hydrogen-bond donors (Lipinski definition) is 1. The molecule has 0 saturated carbocycles. The maximum Gasteiger partial charge on any atom is 0.221 e. The minimum absolute atomic E-state index is 0.0140. The van der Waals surface area contributed by atoms with Crippen LogP contribution in [0.1, 0.15) is 5.56 Å². The van der Waals surface area contributed by atoms with Crippen molar-refractivity contribution in [3.8, 4) is 28.5 Å². The van der Waals surface area contributed by atoms with Crippen molar-refractivity contribution in [2.75, 3.05) is 0 Å². The van der Waals surface area contributed by atoms with Crippen LogP contribution in [0, 0.1) is 5.41 Å². The van der Waals surface area contributed by atoms with Crippen LogP contribution in [0.4, 0.5) is 0 Å². The molecule has 4 aromatic carbocycles. The molecule has 0 radical (unpaired) electrons. The van der Waals surface area contributed by atoms with Crippen LogP contribution >= 0.6 is 0 Å². The van der Waals surface area contributed by atoms with Crippen LogP contribution in [0.3, 0.4) is 0 Å². The molecule has 1 N–H and O–H groups in total. The van der Waals surface area contributed by atoms with Crippen molar-refractivity contribution in [2.45, 2.75) is 0 Å². The molecule has 5 nitrogen and oxygen atoms in total. The van der Waals surface area contributed by atoms with Gasteiger partial charge in [0.2, 0.25) is 11.8 Å². The third-order valence-electron chi connectivity index (χ3n) is 5.87. The van der Waals surface area contributed by atoms with Crippen LogP contribution in [0.2, 0.25) is 0 Å². The summed E-state index contributed by atoms with van der Waals surface area (Å²) >= 11 is 0. The highest BCUT2D eigenvalue weighted by Crippen LogP contribution is 2.33. The van der Waals surface area contributed by atoms with Crippen LogP contribution < -0.4 is 4.74 Å². The Morgan fingerprint density at radius 3 is 2.31 bits per heavy atom. The lowest BCUT2D eigenvalue weighted by molar-refractivity contribution is 0.525. The minimum atomic E-state index is 0.0140. The first-order chi connectivity index (χ1) is 17.3. The molecule has 0 aliphatic heterocycles. The molecule has 0 unspecified atom stereocenters. The number of aromatic nitrogens is 3. The first-order valence-corrected chi connectivity index (χ1v) is 11.3. The molecule has 6 rings (SSSR count). The van der Waals surface area contributed by atoms with Crippen molar-refractivity contribution in [3.05, 3.63) is 121 Å². The zero-order valence-electron chi connectivity index (χ0n) is 18.7. The van der Waals surface area contributed by atoms with Gasteiger partial charge in [-0.25, -0.2) is 15.0 Å². The zero-order valence-corrected chi connectivity index (χ0v) is 18.7. The molecule has 0 saturated heterocycles. The van der Waals surface area contributed by atoms with Crippen LogP contribution in [0.25, 0.3) is 44.3 Å². The number of pyridine rings is 1. The fraction of sp³-hybridized carbons (Fsp3) is 0. The molecule has 0 bridgehead atoms. The van der Waals surface area contributed by atoms with Crippen molar-refractivity contribution >= 4 is 27.6 Å². The number of rotatable bonds is 4. The fourth-order valence-corrected chi connectivity index (χ4v) is 4.18. The van der Waals surface area contributed by atoms with E-state index in [4.69, 9.17) is 20.1 Å². The summed E-state index contributed by atoms with van der Waals surface area (Å²) in [4.78, 5) is 14.2. The number of nitrogens with one attached hydrogen (secondary N) is 1. The number of fused-ring (bicyclic) bond motifs is 3. The Hall–Kier alpha value is -4.90. The summed E-state index contributed by atoms with van der Waals surface area (Å²) in [6, 6.07) is 35.5. The highest BCUT2D eigenvalue weighted by Gasteiger charge is 2.15. The van der Waals surface area contributed by atoms with E-state index in [1.165, 1.54) is 0 Å². The molecule has 166 valence electrons. The van der Waals surface area contributed by atoms with Gasteiger partial charge >= 0.3 is 0 Å². The average Bonchev–Trinajstić information content (AvgIpc) is 2.93. The monoisotopic (exact) mass is 452 g/mol. The van der Waals surface area contributed by atoms with Gasteiger partial charge in [0.15, 0.2) is 5.82 Å². The van der Waals surface area contributed by atoms with E-state index in [0.29, 0.717) is 17.3 Å². The second kappa shape index (κ2) is 8.80. The molecule has 2 aromatic heterocycles. The van der Waals surface area contributed by atoms with E-state index in [1.54, 1.807) is 12.3 Å². The summed E-state index contributed by atoms with van der Waals surface area (Å²) < 4.78 is 5.64. The second-order valence-corrected chi connectivity index (χ2v) is 8.12. The fourth-order valence-electron chi connectivity index (χ4n) is 4.18. The second-order valence-electron chi connectivity index (χ2n) is 8.12. The summed E-state index contributed by atoms with van der Waals surface area (Å²) in [5.74, 6) is 0.989. The molecule has 0 amide bonds. The lowest BCUT2D eigenvalue weighted by atomic mass is 10.0. The van der Waals surface area contributed by atoms with E-state index < -0.39 is 0 Å². The number of nitrogens with zero attached hydrogens (tertiary/aromatic N) is 3. The summed E-state index contributed by atoms with van der Waals surface area (Å²) in [5, 5.41) is 11.6. The molecular weight excluding hydrogens is 432 g/mol. The normalized spacial score (nSPS) is 11.0. The Morgan fingerprint density at radius 2 is 1.46 bits per heavy atom. The van der Waals surface area contributed by atoms with Gasteiger partial charge in [-0.05, 0) is 29.7 Å². The molecule has 5 heteroatoms. The quantitative estimate of drug-likeness (QED) is 0.179. The Balaban J connectivity index is 1.51. The van der Waals surface area contributed by atoms with Crippen molar-refractivity contribution in [1.29, 1.82) is 5.41 Å². The smallest absolute Gasteiger partial charge is 0.221 e. The molecule has 0 aliphatic rings. The van der Waals surface area contributed by atoms with Crippen molar-refractivity contribution < 1.29 is 4.74 Å². The first-order valence-electron chi connectivity index (χ1n) is 11.3. The van der Waals surface area contributed by atoms with Crippen LogP contribution in [0.15, 0.2) is 115 Å². The predicted octanol–water partition coefficient (Wildman–Crippen LogP) is 6.92. The van der Waals surface area contributed by atoms with Gasteiger partial charge in [0.25, 0.3) is 0 Å². The molecule has 6 aromatic rings. The Kier molecular flexibility index (Phi) is 5.20. The maximum atomic E-state index is 8.44. The Labute approximate surface area is 202 Å². The third-order valence-corrected chi connectivity index (χ3v) is 5.87. The maximum absolute atomic E-state index is 8.44. The molecule has 0 fully saturated rings. The summed E-state index contributed by atoms with van der Waals surface area (Å²) in [6.07, 6.45) is 1.64. The van der Waals surface area contributed by atoms with Crippen molar-refractivity contribution in [2.24, 2.45) is 0 Å². The Morgan fingerprint density at radius 1 is 0.657 bits per heavy atom. The first kappa shape index (κ1) is 20.7. The summed E-state index contributed by atoms with van der Waals surface area (Å²) in [5.41, 5.74) is 4.23. The van der Waals surface area contributed by atoms with E-state index >= 15 is 0 Å². The van der Waals surface area contributed by atoms with Gasteiger partial charge in [0, 0.05) is 39.7 Å². The molecule has 0 aliphatic carbocycles. The van der Waals surface area contributed by atoms with Gasteiger partial charge < -0.3 is 4.74 Å². The van der Waals surface area contributed by atoms with Crippen LogP contribution in [-0.4, -0.2) is 20.8 Å². The van der Waals surface area contributed by atoms with E-state index in [-0.39, 0.29) is 5.90 Å². The molecule has 0 spiro atoms. The van der Waals surface area contributed by atoms with Gasteiger partial charge in [-0.1, -0.05) is 78.9 Å². The SMILES string of the molecule is N=C(Oc1ccccn1)c1cccc(-c2nc(-c3ccccc3)c3ccc4ccccc4c3n2)c1. The van der Waals surface area contributed by atoms with Gasteiger partial charge in [-0.15, -0.1) is 0 Å². The summed E-state index contributed by atoms with van der Waals surface area (Å²) in [7, 11) is 0. The average molecular weight is 453 g/mol. The number of ether oxygens (including phenoxy) is 1. The molecule has 35 heavy (non-hydrogen) atoms. The zero-order chi connectivity index (χ0) is 23.6. The third kappa shape index (κ3) is 4.00. The largest absolute Gasteiger partial charge is 0.421 e. The van der Waals surface area contributed by atoms with Gasteiger partial charge in [0.1, 0.15) is 0 Å². The van der Waals surface area contributed by atoms with Crippen molar-refractivity contribution in [3.63, 3.8) is 0 Å². The van der Waals surface area contributed by atoms with Crippen molar-refractivity contribution in [1.82, 2.24) is 15.0 Å².